The van der Waals surface area contributed by atoms with Crippen LogP contribution >= 0.6 is 0 Å². The van der Waals surface area contributed by atoms with Crippen molar-refractivity contribution >= 4 is 11.8 Å². The van der Waals surface area contributed by atoms with E-state index in [-0.39, 0.29) is 18.0 Å². The van der Waals surface area contributed by atoms with Crippen molar-refractivity contribution in [1.29, 1.82) is 0 Å². The van der Waals surface area contributed by atoms with Gasteiger partial charge in [0.25, 0.3) is 5.91 Å². The summed E-state index contributed by atoms with van der Waals surface area (Å²) in [5.41, 5.74) is 0.611. The molecule has 2 atom stereocenters. The lowest BCUT2D eigenvalue weighted by Crippen LogP contribution is -2.54. The van der Waals surface area contributed by atoms with Crippen LogP contribution in [0.15, 0.2) is 18.2 Å². The Kier molecular flexibility index (Phi) is 12.2. The molecule has 230 valence electrons. The molecule has 1 N–H and O–H groups in total. The van der Waals surface area contributed by atoms with E-state index in [4.69, 9.17) is 14.2 Å². The molecule has 2 aliphatic carbocycles. The lowest BCUT2D eigenvalue weighted by Gasteiger charge is -2.40. The molecule has 0 bridgehead atoms. The van der Waals surface area contributed by atoms with Crippen molar-refractivity contribution in [1.82, 2.24) is 15.1 Å². The minimum Gasteiger partial charge on any atom is -0.493 e. The normalized spacial score (nSPS) is 21.5. The Morgan fingerprint density at radius 1 is 0.951 bits per heavy atom. The average molecular weight is 572 g/mol. The van der Waals surface area contributed by atoms with Gasteiger partial charge in [-0.2, -0.15) is 0 Å². The standard InChI is InChI=1S/C33H53N3O5/c1-24(2)36(33(38)26-11-16-30(40-4)31(22-26)41-20-8-19-39-3)29-13-12-27(34-23-29)17-18-35(28-14-15-28)32(37)21-25-9-6-5-7-10-25/h11,16,22,24-25,27-29,34H,5-10,12-15,17-21,23H2,1-4H3. The molecule has 0 radical (unpaired) electrons. The first-order valence-electron chi connectivity index (χ1n) is 16.1. The Hall–Kier alpha value is -2.32. The zero-order valence-electron chi connectivity index (χ0n) is 25.9. The van der Waals surface area contributed by atoms with E-state index in [9.17, 15) is 9.59 Å². The summed E-state index contributed by atoms with van der Waals surface area (Å²) in [4.78, 5) is 31.2. The summed E-state index contributed by atoms with van der Waals surface area (Å²) in [6, 6.07) is 6.49. The maximum absolute atomic E-state index is 13.8. The fraction of sp³-hybridized carbons (Fsp3) is 0.758. The molecule has 2 amide bonds. The molecule has 0 spiro atoms. The summed E-state index contributed by atoms with van der Waals surface area (Å²) >= 11 is 0. The number of hydrogen-bond acceptors (Lipinski definition) is 6. The minimum absolute atomic E-state index is 0.0165. The van der Waals surface area contributed by atoms with Crippen LogP contribution in [0.1, 0.15) is 101 Å². The van der Waals surface area contributed by atoms with Crippen LogP contribution in [0.5, 0.6) is 11.5 Å². The van der Waals surface area contributed by atoms with Gasteiger partial charge in [-0.1, -0.05) is 19.3 Å². The highest BCUT2D eigenvalue weighted by Crippen LogP contribution is 2.33. The number of carbonyl (C=O) groups excluding carboxylic acids is 2. The first kappa shape index (κ1) is 31.6. The Bertz CT molecular complexity index is 968. The van der Waals surface area contributed by atoms with Gasteiger partial charge in [0.1, 0.15) is 0 Å². The second-order valence-electron chi connectivity index (χ2n) is 12.5. The first-order valence-corrected chi connectivity index (χ1v) is 16.1. The second kappa shape index (κ2) is 15.8. The summed E-state index contributed by atoms with van der Waals surface area (Å²) in [5, 5.41) is 3.73. The van der Waals surface area contributed by atoms with Crippen LogP contribution in [0, 0.1) is 5.92 Å². The summed E-state index contributed by atoms with van der Waals surface area (Å²) < 4.78 is 16.5. The Balaban J connectivity index is 1.30. The molecule has 1 saturated heterocycles. The van der Waals surface area contributed by atoms with E-state index in [0.29, 0.717) is 54.2 Å². The van der Waals surface area contributed by atoms with Gasteiger partial charge < -0.3 is 29.3 Å². The van der Waals surface area contributed by atoms with Crippen LogP contribution in [-0.4, -0.2) is 86.3 Å². The fourth-order valence-corrected chi connectivity index (χ4v) is 6.61. The van der Waals surface area contributed by atoms with E-state index in [1.54, 1.807) is 20.3 Å². The molecule has 41 heavy (non-hydrogen) atoms. The molecule has 0 aromatic heterocycles. The largest absolute Gasteiger partial charge is 0.493 e. The van der Waals surface area contributed by atoms with Gasteiger partial charge in [0.2, 0.25) is 5.91 Å². The molecule has 1 aromatic rings. The summed E-state index contributed by atoms with van der Waals surface area (Å²) in [5.74, 6) is 2.19. The zero-order valence-corrected chi connectivity index (χ0v) is 25.9. The van der Waals surface area contributed by atoms with Crippen LogP contribution in [0.25, 0.3) is 0 Å². The monoisotopic (exact) mass is 571 g/mol. The number of hydrogen-bond donors (Lipinski definition) is 1. The van der Waals surface area contributed by atoms with Gasteiger partial charge in [-0.3, -0.25) is 9.59 Å². The van der Waals surface area contributed by atoms with Crippen LogP contribution in [0.3, 0.4) is 0 Å². The van der Waals surface area contributed by atoms with Crippen LogP contribution in [-0.2, 0) is 9.53 Å². The van der Waals surface area contributed by atoms with Crippen molar-refractivity contribution in [3.8, 4) is 11.5 Å². The van der Waals surface area contributed by atoms with Gasteiger partial charge >= 0.3 is 0 Å². The SMILES string of the molecule is COCCCOc1cc(C(=O)N(C(C)C)C2CCC(CCN(C(=O)CC3CCCCC3)C3CC3)NC2)ccc1OC. The molecule has 1 aliphatic heterocycles. The van der Waals surface area contributed by atoms with Crippen molar-refractivity contribution in [3.63, 3.8) is 0 Å². The van der Waals surface area contributed by atoms with E-state index in [2.05, 4.69) is 24.1 Å². The highest BCUT2D eigenvalue weighted by atomic mass is 16.5. The molecule has 8 nitrogen and oxygen atoms in total. The van der Waals surface area contributed by atoms with Gasteiger partial charge in [-0.15, -0.1) is 0 Å². The zero-order chi connectivity index (χ0) is 29.2. The lowest BCUT2D eigenvalue weighted by molar-refractivity contribution is -0.133. The quantitative estimate of drug-likeness (QED) is 0.283. The fourth-order valence-electron chi connectivity index (χ4n) is 6.61. The predicted octanol–water partition coefficient (Wildman–Crippen LogP) is 5.43. The van der Waals surface area contributed by atoms with Gasteiger partial charge in [-0.05, 0) is 82.9 Å². The maximum Gasteiger partial charge on any atom is 0.254 e. The van der Waals surface area contributed by atoms with E-state index >= 15 is 0 Å². The Morgan fingerprint density at radius 2 is 1.71 bits per heavy atom. The molecular weight excluding hydrogens is 518 g/mol. The van der Waals surface area contributed by atoms with E-state index in [0.717, 1.165) is 58.0 Å². The molecule has 1 heterocycles. The number of benzene rings is 1. The third-order valence-electron chi connectivity index (χ3n) is 9.05. The molecule has 8 heteroatoms. The van der Waals surface area contributed by atoms with E-state index in [1.165, 1.54) is 32.1 Å². The van der Waals surface area contributed by atoms with Crippen LogP contribution < -0.4 is 14.8 Å². The van der Waals surface area contributed by atoms with Crippen LogP contribution in [0.4, 0.5) is 0 Å². The second-order valence-corrected chi connectivity index (χ2v) is 12.5. The summed E-state index contributed by atoms with van der Waals surface area (Å²) in [6.07, 6.45) is 13.1. The third-order valence-corrected chi connectivity index (χ3v) is 9.05. The highest BCUT2D eigenvalue weighted by molar-refractivity contribution is 5.95. The molecule has 4 rings (SSSR count). The number of carbonyl (C=O) groups is 2. The molecule has 1 aromatic carbocycles. The molecular formula is C33H53N3O5. The highest BCUT2D eigenvalue weighted by Gasteiger charge is 2.35. The van der Waals surface area contributed by atoms with Gasteiger partial charge in [0.05, 0.1) is 13.7 Å². The average Bonchev–Trinajstić information content (AvgIpc) is 3.82. The van der Waals surface area contributed by atoms with Crippen molar-refractivity contribution in [3.05, 3.63) is 23.8 Å². The predicted molar refractivity (Wildman–Crippen MR) is 162 cm³/mol. The van der Waals surface area contributed by atoms with Gasteiger partial charge in [0, 0.05) is 69.4 Å². The lowest BCUT2D eigenvalue weighted by atomic mass is 9.86. The third kappa shape index (κ3) is 9.08. The van der Waals surface area contributed by atoms with Crippen molar-refractivity contribution in [2.75, 3.05) is 40.5 Å². The van der Waals surface area contributed by atoms with Crippen molar-refractivity contribution in [2.24, 2.45) is 5.92 Å². The molecule has 3 aliphatic rings. The van der Waals surface area contributed by atoms with E-state index in [1.807, 2.05) is 17.0 Å². The van der Waals surface area contributed by atoms with Crippen LogP contribution in [0.2, 0.25) is 0 Å². The van der Waals surface area contributed by atoms with E-state index < -0.39 is 0 Å². The number of ether oxygens (including phenoxy) is 3. The Labute approximate surface area is 247 Å². The number of nitrogens with one attached hydrogen (secondary N) is 1. The first-order chi connectivity index (χ1) is 19.9. The molecule has 2 unspecified atom stereocenters. The number of rotatable bonds is 15. The summed E-state index contributed by atoms with van der Waals surface area (Å²) in [6.45, 7) is 6.90. The number of amides is 2. The maximum atomic E-state index is 13.8. The van der Waals surface area contributed by atoms with Gasteiger partial charge in [-0.25, -0.2) is 0 Å². The smallest absolute Gasteiger partial charge is 0.254 e. The molecule has 3 fully saturated rings. The van der Waals surface area contributed by atoms with Crippen molar-refractivity contribution in [2.45, 2.75) is 115 Å². The minimum atomic E-state index is 0.0165. The van der Waals surface area contributed by atoms with Crippen molar-refractivity contribution < 1.29 is 23.8 Å². The topological polar surface area (TPSA) is 80.3 Å². The number of methoxy groups -OCH3 is 2. The Morgan fingerprint density at radius 3 is 2.34 bits per heavy atom. The molecule has 2 saturated carbocycles. The number of nitrogens with zero attached hydrogens (tertiary/aromatic N) is 2. The van der Waals surface area contributed by atoms with Gasteiger partial charge in [0.15, 0.2) is 11.5 Å². The number of piperidine rings is 1. The summed E-state index contributed by atoms with van der Waals surface area (Å²) in [7, 11) is 3.28.